The standard InChI is InChI=1S/C32H55N5O7S/c1-17(2)21(16-45(43,44)31(6,7)8)35-29(42)36-25(30(3,4)5)28(41)37-15-19-22(32(19,9)10)23(37)27(40)34-20(24(38)26(33)39)14-18-12-11-13-18/h17-23,25H,11-16H2,1-10H3,(H2,33,39)(H,34,40)(H2,35,36,42)/t19?,20?,21?,22?,23?,25-/m1/s1. The second-order valence-corrected chi connectivity index (χ2v) is 19.2. The van der Waals surface area contributed by atoms with Crippen molar-refractivity contribution >= 4 is 39.4 Å². The van der Waals surface area contributed by atoms with Crippen molar-refractivity contribution in [3.05, 3.63) is 0 Å². The molecule has 0 radical (unpaired) electrons. The minimum atomic E-state index is -3.55. The molecule has 0 aromatic heterocycles. The van der Waals surface area contributed by atoms with Crippen molar-refractivity contribution in [3.63, 3.8) is 0 Å². The number of hydrogen-bond donors (Lipinski definition) is 4. The molecule has 2 saturated carbocycles. The molecule has 5 N–H and O–H groups in total. The summed E-state index contributed by atoms with van der Waals surface area (Å²) in [6, 6.07) is -4.36. The number of carbonyl (C=O) groups is 5. The van der Waals surface area contributed by atoms with Crippen LogP contribution in [0.5, 0.6) is 0 Å². The zero-order chi connectivity index (χ0) is 34.4. The first kappa shape index (κ1) is 36.8. The van der Waals surface area contributed by atoms with Gasteiger partial charge in [-0.3, -0.25) is 19.2 Å². The van der Waals surface area contributed by atoms with Crippen LogP contribution in [0.3, 0.4) is 0 Å². The summed E-state index contributed by atoms with van der Waals surface area (Å²) in [6.45, 7) is 18.3. The Kier molecular flexibility index (Phi) is 10.5. The minimum Gasteiger partial charge on any atom is -0.363 e. The topological polar surface area (TPSA) is 185 Å². The van der Waals surface area contributed by atoms with Crippen LogP contribution >= 0.6 is 0 Å². The van der Waals surface area contributed by atoms with Crippen molar-refractivity contribution < 1.29 is 32.4 Å². The zero-order valence-corrected chi connectivity index (χ0v) is 29.5. The van der Waals surface area contributed by atoms with Crippen LogP contribution in [0.25, 0.3) is 0 Å². The number of hydrogen-bond acceptors (Lipinski definition) is 7. The molecular weight excluding hydrogens is 598 g/mol. The van der Waals surface area contributed by atoms with Crippen LogP contribution in [0.4, 0.5) is 4.79 Å². The minimum absolute atomic E-state index is 0.0523. The third-order valence-electron chi connectivity index (χ3n) is 10.3. The lowest BCUT2D eigenvalue weighted by Crippen LogP contribution is -2.62. The molecule has 2 aliphatic carbocycles. The van der Waals surface area contributed by atoms with E-state index in [1.54, 1.807) is 41.5 Å². The molecule has 1 heterocycles. The molecule has 1 saturated heterocycles. The molecule has 13 heteroatoms. The Morgan fingerprint density at radius 2 is 1.53 bits per heavy atom. The zero-order valence-electron chi connectivity index (χ0n) is 28.7. The van der Waals surface area contributed by atoms with E-state index in [0.717, 1.165) is 19.3 Å². The van der Waals surface area contributed by atoms with E-state index in [9.17, 15) is 32.4 Å². The van der Waals surface area contributed by atoms with E-state index in [1.807, 2.05) is 27.7 Å². The summed E-state index contributed by atoms with van der Waals surface area (Å²) in [7, 11) is -3.55. The highest BCUT2D eigenvalue weighted by Gasteiger charge is 2.70. The number of ketones is 1. The molecule has 0 bridgehead atoms. The van der Waals surface area contributed by atoms with Gasteiger partial charge >= 0.3 is 6.03 Å². The fourth-order valence-electron chi connectivity index (χ4n) is 6.58. The molecule has 45 heavy (non-hydrogen) atoms. The summed E-state index contributed by atoms with van der Waals surface area (Å²) >= 11 is 0. The predicted octanol–water partition coefficient (Wildman–Crippen LogP) is 2.15. The maximum atomic E-state index is 14.2. The van der Waals surface area contributed by atoms with E-state index in [1.165, 1.54) is 4.90 Å². The fraction of sp³-hybridized carbons (Fsp3) is 0.844. The molecule has 3 aliphatic rings. The molecule has 5 unspecified atom stereocenters. The van der Waals surface area contributed by atoms with Crippen LogP contribution in [0, 0.1) is 34.5 Å². The summed E-state index contributed by atoms with van der Waals surface area (Å²) in [4.78, 5) is 67.4. The van der Waals surface area contributed by atoms with Gasteiger partial charge in [0, 0.05) is 12.6 Å². The summed E-state index contributed by atoms with van der Waals surface area (Å²) < 4.78 is 24.8. The lowest BCUT2D eigenvalue weighted by atomic mass is 9.80. The predicted molar refractivity (Wildman–Crippen MR) is 171 cm³/mol. The number of sulfone groups is 1. The van der Waals surface area contributed by atoms with Gasteiger partial charge in [-0.1, -0.05) is 67.7 Å². The molecule has 6 atom stereocenters. The van der Waals surface area contributed by atoms with Crippen molar-refractivity contribution in [2.24, 2.45) is 40.2 Å². The van der Waals surface area contributed by atoms with Crippen LogP contribution < -0.4 is 21.7 Å². The lowest BCUT2D eigenvalue weighted by Gasteiger charge is -2.38. The van der Waals surface area contributed by atoms with Gasteiger partial charge < -0.3 is 26.6 Å². The molecule has 256 valence electrons. The Morgan fingerprint density at radius 1 is 0.956 bits per heavy atom. The number of nitrogens with two attached hydrogens (primary N) is 1. The maximum absolute atomic E-state index is 14.2. The van der Waals surface area contributed by atoms with Gasteiger partial charge in [0.25, 0.3) is 5.91 Å². The third-order valence-corrected chi connectivity index (χ3v) is 12.9. The van der Waals surface area contributed by atoms with Crippen LogP contribution in [0.15, 0.2) is 0 Å². The van der Waals surface area contributed by atoms with Gasteiger partial charge in [-0.2, -0.15) is 0 Å². The molecule has 3 fully saturated rings. The molecule has 12 nitrogen and oxygen atoms in total. The Labute approximate surface area is 268 Å². The van der Waals surface area contributed by atoms with Gasteiger partial charge in [-0.15, -0.1) is 0 Å². The second-order valence-electron chi connectivity index (χ2n) is 16.4. The van der Waals surface area contributed by atoms with Gasteiger partial charge in [-0.05, 0) is 61.7 Å². The van der Waals surface area contributed by atoms with Crippen LogP contribution in [0.2, 0.25) is 0 Å². The van der Waals surface area contributed by atoms with Crippen molar-refractivity contribution in [1.82, 2.24) is 20.9 Å². The first-order chi connectivity index (χ1) is 20.4. The highest BCUT2D eigenvalue weighted by Crippen LogP contribution is 2.65. The molecule has 0 aromatic carbocycles. The summed E-state index contributed by atoms with van der Waals surface area (Å²) in [5, 5.41) is 8.33. The monoisotopic (exact) mass is 653 g/mol. The Hall–Kier alpha value is -2.70. The Balaban J connectivity index is 1.82. The van der Waals surface area contributed by atoms with E-state index < -0.39 is 73.7 Å². The highest BCUT2D eigenvalue weighted by molar-refractivity contribution is 7.92. The van der Waals surface area contributed by atoms with Gasteiger partial charge in [-0.25, -0.2) is 13.2 Å². The number of carbonyl (C=O) groups excluding carboxylic acids is 5. The number of piperidine rings is 1. The van der Waals surface area contributed by atoms with Gasteiger partial charge in [0.1, 0.15) is 12.1 Å². The molecule has 3 rings (SSSR count). The SMILES string of the molecule is CC(C)C(CS(=O)(=O)C(C)(C)C)NC(=O)N[C@H](C(=O)N1CC2C(C1C(=O)NC(CC1CCC1)C(=O)C(N)=O)C2(C)C)C(C)(C)C. The summed E-state index contributed by atoms with van der Waals surface area (Å²) in [5.41, 5.74) is 4.34. The van der Waals surface area contributed by atoms with Crippen LogP contribution in [-0.2, 0) is 29.0 Å². The van der Waals surface area contributed by atoms with Gasteiger partial charge in [0.15, 0.2) is 9.84 Å². The normalized spacial score (nSPS) is 25.0. The number of amides is 5. The summed E-state index contributed by atoms with van der Waals surface area (Å²) in [6.07, 6.45) is 3.16. The lowest BCUT2D eigenvalue weighted by molar-refractivity contribution is -0.145. The van der Waals surface area contributed by atoms with Crippen molar-refractivity contribution in [2.75, 3.05) is 12.3 Å². The van der Waals surface area contributed by atoms with Crippen molar-refractivity contribution in [2.45, 2.75) is 124 Å². The number of likely N-dealkylation sites (tertiary alicyclic amines) is 1. The van der Waals surface area contributed by atoms with Gasteiger partial charge in [0.05, 0.1) is 16.5 Å². The van der Waals surface area contributed by atoms with Crippen molar-refractivity contribution in [1.29, 1.82) is 0 Å². The largest absolute Gasteiger partial charge is 0.363 e. The number of Topliss-reactive ketones (excluding diaryl/α,β-unsaturated/α-hetero) is 1. The Morgan fingerprint density at radius 3 is 1.98 bits per heavy atom. The number of rotatable bonds is 12. The Bertz CT molecular complexity index is 1290. The quantitative estimate of drug-likeness (QED) is 0.233. The number of nitrogens with zero attached hydrogens (tertiary/aromatic N) is 1. The highest BCUT2D eigenvalue weighted by atomic mass is 32.2. The molecule has 1 aliphatic heterocycles. The fourth-order valence-corrected chi connectivity index (χ4v) is 8.02. The first-order valence-corrected chi connectivity index (χ1v) is 17.8. The molecule has 0 spiro atoms. The van der Waals surface area contributed by atoms with E-state index in [-0.39, 0.29) is 34.8 Å². The van der Waals surface area contributed by atoms with Crippen LogP contribution in [0.1, 0.15) is 94.9 Å². The van der Waals surface area contributed by atoms with E-state index in [4.69, 9.17) is 5.73 Å². The number of urea groups is 1. The number of fused-ring (bicyclic) bond motifs is 1. The van der Waals surface area contributed by atoms with Gasteiger partial charge in [0.2, 0.25) is 17.6 Å². The van der Waals surface area contributed by atoms with Crippen molar-refractivity contribution in [3.8, 4) is 0 Å². The second kappa shape index (κ2) is 12.8. The van der Waals surface area contributed by atoms with E-state index in [0.29, 0.717) is 13.0 Å². The van der Waals surface area contributed by atoms with Crippen LogP contribution in [-0.4, -0.2) is 84.1 Å². The van der Waals surface area contributed by atoms with E-state index >= 15 is 0 Å². The molecule has 0 aromatic rings. The summed E-state index contributed by atoms with van der Waals surface area (Å²) in [5.74, 6) is -3.26. The first-order valence-electron chi connectivity index (χ1n) is 16.1. The average Bonchev–Trinajstić information content (AvgIpc) is 3.19. The number of nitrogens with one attached hydrogen (secondary N) is 3. The average molecular weight is 654 g/mol. The third kappa shape index (κ3) is 8.00. The number of primary amides is 1. The smallest absolute Gasteiger partial charge is 0.315 e. The van der Waals surface area contributed by atoms with E-state index in [2.05, 4.69) is 16.0 Å². The molecular formula is C32H55N5O7S. The molecule has 5 amide bonds. The maximum Gasteiger partial charge on any atom is 0.315 e.